The van der Waals surface area contributed by atoms with E-state index >= 15 is 0 Å². The molecule has 1 aliphatic carbocycles. The molecular weight excluding hydrogens is 302 g/mol. The molecular formula is C19H27N3O2. The van der Waals surface area contributed by atoms with E-state index in [2.05, 4.69) is 17.4 Å². The lowest BCUT2D eigenvalue weighted by atomic mass is 9.92. The number of nitrogens with zero attached hydrogens (tertiary/aromatic N) is 2. The molecule has 3 amide bonds. The number of carbonyl (C=O) groups is 2. The second kappa shape index (κ2) is 7.69. The summed E-state index contributed by atoms with van der Waals surface area (Å²) in [5.74, 6) is 0.0680. The zero-order valence-electron chi connectivity index (χ0n) is 14.4. The molecule has 0 spiro atoms. The van der Waals surface area contributed by atoms with Crippen LogP contribution in [0.2, 0.25) is 0 Å². The van der Waals surface area contributed by atoms with Gasteiger partial charge in [0.1, 0.15) is 6.04 Å². The van der Waals surface area contributed by atoms with Crippen molar-refractivity contribution in [3.05, 3.63) is 35.9 Å². The molecule has 5 nitrogen and oxygen atoms in total. The van der Waals surface area contributed by atoms with E-state index in [-0.39, 0.29) is 18.0 Å². The molecule has 24 heavy (non-hydrogen) atoms. The predicted octanol–water partition coefficient (Wildman–Crippen LogP) is 2.41. The molecule has 0 unspecified atom stereocenters. The lowest BCUT2D eigenvalue weighted by molar-refractivity contribution is -0.129. The summed E-state index contributed by atoms with van der Waals surface area (Å²) < 4.78 is 0. The maximum absolute atomic E-state index is 12.5. The van der Waals surface area contributed by atoms with Crippen LogP contribution >= 0.6 is 0 Å². The standard InChI is InChI=1S/C19H27N3O2/c1-21(16-10-5-11-16)19(24)20-17-12-14-22(18(17)23)13-6-9-15-7-3-2-4-8-15/h2-4,7-8,16-17H,5-6,9-14H2,1H3,(H,20,24)/t17-/m0/s1. The average Bonchev–Trinajstić information content (AvgIpc) is 2.87. The fraction of sp³-hybridized carbons (Fsp3) is 0.579. The minimum atomic E-state index is -0.350. The second-order valence-electron chi connectivity index (χ2n) is 6.90. The Balaban J connectivity index is 1.42. The molecule has 0 aromatic heterocycles. The van der Waals surface area contributed by atoms with Crippen LogP contribution in [0.25, 0.3) is 0 Å². The van der Waals surface area contributed by atoms with Gasteiger partial charge in [-0.25, -0.2) is 4.79 Å². The third-order valence-electron chi connectivity index (χ3n) is 5.27. The van der Waals surface area contributed by atoms with Gasteiger partial charge in [-0.15, -0.1) is 0 Å². The molecule has 1 atom stereocenters. The van der Waals surface area contributed by atoms with Crippen molar-refractivity contribution < 1.29 is 9.59 Å². The van der Waals surface area contributed by atoms with Gasteiger partial charge >= 0.3 is 6.03 Å². The van der Waals surface area contributed by atoms with Crippen LogP contribution in [0.3, 0.4) is 0 Å². The lowest BCUT2D eigenvalue weighted by Gasteiger charge is -2.35. The number of hydrogen-bond donors (Lipinski definition) is 1. The summed E-state index contributed by atoms with van der Waals surface area (Å²) in [6.45, 7) is 1.50. The number of amides is 3. The van der Waals surface area contributed by atoms with Gasteiger partial charge in [-0.05, 0) is 44.1 Å². The Morgan fingerprint density at radius 3 is 2.67 bits per heavy atom. The first-order chi connectivity index (χ1) is 11.6. The lowest BCUT2D eigenvalue weighted by Crippen LogP contribution is -2.51. The molecule has 1 heterocycles. The molecule has 1 aliphatic heterocycles. The predicted molar refractivity (Wildman–Crippen MR) is 93.7 cm³/mol. The number of hydrogen-bond acceptors (Lipinski definition) is 2. The van der Waals surface area contributed by atoms with Crippen molar-refractivity contribution in [3.8, 4) is 0 Å². The second-order valence-corrected chi connectivity index (χ2v) is 6.90. The Hall–Kier alpha value is -2.04. The largest absolute Gasteiger partial charge is 0.341 e. The average molecular weight is 329 g/mol. The van der Waals surface area contributed by atoms with E-state index in [1.165, 1.54) is 12.0 Å². The third-order valence-corrected chi connectivity index (χ3v) is 5.27. The first-order valence-corrected chi connectivity index (χ1v) is 9.01. The number of benzene rings is 1. The van der Waals surface area contributed by atoms with Crippen LogP contribution in [0.1, 0.15) is 37.7 Å². The van der Waals surface area contributed by atoms with E-state index in [0.29, 0.717) is 12.5 Å². The van der Waals surface area contributed by atoms with Gasteiger partial charge in [0.15, 0.2) is 0 Å². The minimum Gasteiger partial charge on any atom is -0.341 e. The summed E-state index contributed by atoms with van der Waals surface area (Å²) in [5.41, 5.74) is 1.30. The molecule has 1 saturated carbocycles. The van der Waals surface area contributed by atoms with Gasteiger partial charge in [-0.2, -0.15) is 0 Å². The topological polar surface area (TPSA) is 52.7 Å². The van der Waals surface area contributed by atoms with E-state index < -0.39 is 0 Å². The zero-order chi connectivity index (χ0) is 16.9. The van der Waals surface area contributed by atoms with Gasteiger partial charge in [0, 0.05) is 26.2 Å². The molecule has 1 aromatic carbocycles. The molecule has 3 rings (SSSR count). The Morgan fingerprint density at radius 2 is 2.00 bits per heavy atom. The van der Waals surface area contributed by atoms with Crippen molar-refractivity contribution in [2.75, 3.05) is 20.1 Å². The Labute approximate surface area is 144 Å². The highest BCUT2D eigenvalue weighted by atomic mass is 16.2. The van der Waals surface area contributed by atoms with Crippen molar-refractivity contribution in [1.29, 1.82) is 0 Å². The number of urea groups is 1. The summed E-state index contributed by atoms with van der Waals surface area (Å²) >= 11 is 0. The fourth-order valence-electron chi connectivity index (χ4n) is 3.40. The quantitative estimate of drug-likeness (QED) is 0.871. The highest BCUT2D eigenvalue weighted by molar-refractivity contribution is 5.88. The van der Waals surface area contributed by atoms with Gasteiger partial charge in [0.2, 0.25) is 5.91 Å². The zero-order valence-corrected chi connectivity index (χ0v) is 14.4. The first-order valence-electron chi connectivity index (χ1n) is 9.01. The van der Waals surface area contributed by atoms with Crippen molar-refractivity contribution in [3.63, 3.8) is 0 Å². The Bertz CT molecular complexity index is 571. The van der Waals surface area contributed by atoms with Crippen LogP contribution < -0.4 is 5.32 Å². The number of aryl methyl sites for hydroxylation is 1. The number of likely N-dealkylation sites (tertiary alicyclic amines) is 1. The third kappa shape index (κ3) is 3.89. The molecule has 2 fully saturated rings. The Morgan fingerprint density at radius 1 is 1.25 bits per heavy atom. The van der Waals surface area contributed by atoms with E-state index in [0.717, 1.165) is 38.8 Å². The molecule has 1 N–H and O–H groups in total. The number of rotatable bonds is 6. The van der Waals surface area contributed by atoms with Gasteiger partial charge in [0.05, 0.1) is 0 Å². The first kappa shape index (κ1) is 16.8. The summed E-state index contributed by atoms with van der Waals surface area (Å²) in [5, 5.41) is 2.91. The number of carbonyl (C=O) groups excluding carboxylic acids is 2. The maximum Gasteiger partial charge on any atom is 0.318 e. The van der Waals surface area contributed by atoms with Gasteiger partial charge < -0.3 is 15.1 Å². The van der Waals surface area contributed by atoms with Crippen molar-refractivity contribution in [2.24, 2.45) is 0 Å². The van der Waals surface area contributed by atoms with Gasteiger partial charge in [-0.1, -0.05) is 30.3 Å². The smallest absolute Gasteiger partial charge is 0.318 e. The van der Waals surface area contributed by atoms with Crippen LogP contribution in [-0.4, -0.2) is 54.0 Å². The number of nitrogens with one attached hydrogen (secondary N) is 1. The normalized spacial score (nSPS) is 20.8. The van der Waals surface area contributed by atoms with E-state index in [9.17, 15) is 9.59 Å². The molecule has 130 valence electrons. The fourth-order valence-corrected chi connectivity index (χ4v) is 3.40. The SMILES string of the molecule is CN(C(=O)N[C@H]1CCN(CCCc2ccccc2)C1=O)C1CCC1. The minimum absolute atomic E-state index is 0.0680. The van der Waals surface area contributed by atoms with Crippen LogP contribution in [0.5, 0.6) is 0 Å². The van der Waals surface area contributed by atoms with E-state index in [1.54, 1.807) is 4.90 Å². The van der Waals surface area contributed by atoms with Crippen molar-refractivity contribution in [1.82, 2.24) is 15.1 Å². The summed E-state index contributed by atoms with van der Waals surface area (Å²) in [6.07, 6.45) is 6.00. The van der Waals surface area contributed by atoms with Crippen molar-refractivity contribution in [2.45, 2.75) is 50.6 Å². The highest BCUT2D eigenvalue weighted by Crippen LogP contribution is 2.23. The van der Waals surface area contributed by atoms with Crippen LogP contribution in [0, 0.1) is 0 Å². The molecule has 5 heteroatoms. The summed E-state index contributed by atoms with van der Waals surface area (Å²) in [7, 11) is 1.83. The summed E-state index contributed by atoms with van der Waals surface area (Å²) in [4.78, 5) is 28.3. The van der Waals surface area contributed by atoms with Crippen LogP contribution in [-0.2, 0) is 11.2 Å². The van der Waals surface area contributed by atoms with E-state index in [4.69, 9.17) is 0 Å². The summed E-state index contributed by atoms with van der Waals surface area (Å²) in [6, 6.07) is 10.2. The molecule has 1 saturated heterocycles. The van der Waals surface area contributed by atoms with Crippen LogP contribution in [0.4, 0.5) is 4.79 Å². The Kier molecular flexibility index (Phi) is 5.38. The maximum atomic E-state index is 12.5. The highest BCUT2D eigenvalue weighted by Gasteiger charge is 2.34. The van der Waals surface area contributed by atoms with Crippen molar-refractivity contribution >= 4 is 11.9 Å². The molecule has 2 aliphatic rings. The molecule has 0 bridgehead atoms. The van der Waals surface area contributed by atoms with E-state index in [1.807, 2.05) is 30.1 Å². The molecule has 0 radical (unpaired) electrons. The molecule has 1 aromatic rings. The van der Waals surface area contributed by atoms with Gasteiger partial charge in [-0.3, -0.25) is 4.79 Å². The van der Waals surface area contributed by atoms with Gasteiger partial charge in [0.25, 0.3) is 0 Å². The van der Waals surface area contributed by atoms with Crippen LogP contribution in [0.15, 0.2) is 30.3 Å². The monoisotopic (exact) mass is 329 g/mol.